The maximum Gasteiger partial charge on any atom is 0.326 e. The fraction of sp³-hybridized carbons (Fsp3) is 0.692. The second-order valence-corrected chi connectivity index (χ2v) is 5.33. The molecule has 23 heavy (non-hydrogen) atoms. The number of amides is 3. The first kappa shape index (κ1) is 18.8. The predicted molar refractivity (Wildman–Crippen MR) is 78.0 cm³/mol. The van der Waals surface area contributed by atoms with E-state index in [2.05, 4.69) is 10.6 Å². The van der Waals surface area contributed by atoms with Crippen LogP contribution in [0.25, 0.3) is 0 Å². The van der Waals surface area contributed by atoms with Crippen molar-refractivity contribution >= 4 is 23.7 Å². The molecule has 0 bridgehead atoms. The van der Waals surface area contributed by atoms with Gasteiger partial charge in [-0.1, -0.05) is 0 Å². The number of aliphatic carboxylic acids is 1. The number of likely N-dealkylation sites (tertiary alicyclic amines) is 1. The standard InChI is InChI=1S/C13H22N4O6/c1-7(14)11(20)16-8(6-18)12(21)15-5-10(19)17-4-2-3-9(17)13(22)23/h7-9,18H,2-6,14H2,1H3,(H,15,21)(H,16,20)(H,22,23)/t7-,8-,9-/m0/s1. The minimum absolute atomic E-state index is 0.316. The minimum atomic E-state index is -1.23. The Morgan fingerprint density at radius 3 is 2.48 bits per heavy atom. The largest absolute Gasteiger partial charge is 0.480 e. The van der Waals surface area contributed by atoms with Crippen LogP contribution in [-0.2, 0) is 19.2 Å². The zero-order valence-electron chi connectivity index (χ0n) is 12.8. The zero-order chi connectivity index (χ0) is 17.6. The Labute approximate surface area is 133 Å². The molecule has 0 radical (unpaired) electrons. The van der Waals surface area contributed by atoms with E-state index in [1.54, 1.807) is 0 Å². The third kappa shape index (κ3) is 5.18. The summed E-state index contributed by atoms with van der Waals surface area (Å²) in [7, 11) is 0. The second-order valence-electron chi connectivity index (χ2n) is 5.33. The van der Waals surface area contributed by atoms with Gasteiger partial charge in [-0.3, -0.25) is 14.4 Å². The summed E-state index contributed by atoms with van der Waals surface area (Å²) >= 11 is 0. The Balaban J connectivity index is 2.52. The number of carbonyl (C=O) groups excluding carboxylic acids is 3. The van der Waals surface area contributed by atoms with E-state index in [1.165, 1.54) is 11.8 Å². The highest BCUT2D eigenvalue weighted by atomic mass is 16.4. The monoisotopic (exact) mass is 330 g/mol. The van der Waals surface area contributed by atoms with Crippen molar-refractivity contribution in [1.82, 2.24) is 15.5 Å². The van der Waals surface area contributed by atoms with Crippen molar-refractivity contribution in [1.29, 1.82) is 0 Å². The molecule has 1 aliphatic heterocycles. The third-order valence-electron chi connectivity index (χ3n) is 3.50. The predicted octanol–water partition coefficient (Wildman–Crippen LogP) is -3.00. The van der Waals surface area contributed by atoms with Gasteiger partial charge in [0.25, 0.3) is 0 Å². The summed E-state index contributed by atoms with van der Waals surface area (Å²) in [6, 6.07) is -2.96. The van der Waals surface area contributed by atoms with E-state index in [1.807, 2.05) is 0 Å². The summed E-state index contributed by atoms with van der Waals surface area (Å²) in [5.74, 6) is -2.98. The number of nitrogens with one attached hydrogen (secondary N) is 2. The van der Waals surface area contributed by atoms with E-state index in [0.29, 0.717) is 19.4 Å². The van der Waals surface area contributed by atoms with Gasteiger partial charge in [0.05, 0.1) is 19.2 Å². The summed E-state index contributed by atoms with van der Waals surface area (Å²) in [5.41, 5.74) is 5.35. The third-order valence-corrected chi connectivity index (χ3v) is 3.50. The average Bonchev–Trinajstić information content (AvgIpc) is 2.99. The molecule has 0 aromatic carbocycles. The Kier molecular flexibility index (Phi) is 6.91. The fourth-order valence-electron chi connectivity index (χ4n) is 2.21. The van der Waals surface area contributed by atoms with Crippen LogP contribution in [0.2, 0.25) is 0 Å². The molecule has 0 aliphatic carbocycles. The Morgan fingerprint density at radius 2 is 1.96 bits per heavy atom. The molecule has 1 fully saturated rings. The van der Waals surface area contributed by atoms with Gasteiger partial charge in [-0.2, -0.15) is 0 Å². The van der Waals surface area contributed by atoms with Crippen LogP contribution in [0.3, 0.4) is 0 Å². The van der Waals surface area contributed by atoms with Crippen LogP contribution in [0, 0.1) is 0 Å². The number of carboxylic acids is 1. The average molecular weight is 330 g/mol. The molecule has 1 aliphatic rings. The molecule has 0 saturated carbocycles. The van der Waals surface area contributed by atoms with Gasteiger partial charge < -0.3 is 31.5 Å². The van der Waals surface area contributed by atoms with Crippen molar-refractivity contribution in [2.75, 3.05) is 19.7 Å². The van der Waals surface area contributed by atoms with Gasteiger partial charge >= 0.3 is 5.97 Å². The van der Waals surface area contributed by atoms with E-state index >= 15 is 0 Å². The molecular weight excluding hydrogens is 308 g/mol. The number of carboxylic acid groups (broad SMARTS) is 1. The summed E-state index contributed by atoms with van der Waals surface area (Å²) in [6.07, 6.45) is 0.957. The number of hydrogen-bond donors (Lipinski definition) is 5. The molecule has 10 heteroatoms. The summed E-state index contributed by atoms with van der Waals surface area (Å²) in [6.45, 7) is 0.675. The molecular formula is C13H22N4O6. The van der Waals surface area contributed by atoms with E-state index in [0.717, 1.165) is 0 Å². The fourth-order valence-corrected chi connectivity index (χ4v) is 2.21. The number of nitrogens with two attached hydrogens (primary N) is 1. The van der Waals surface area contributed by atoms with E-state index in [4.69, 9.17) is 15.9 Å². The first-order valence-corrected chi connectivity index (χ1v) is 7.24. The zero-order valence-corrected chi connectivity index (χ0v) is 12.8. The van der Waals surface area contributed by atoms with Crippen LogP contribution in [0.5, 0.6) is 0 Å². The maximum atomic E-state index is 12.0. The van der Waals surface area contributed by atoms with Crippen molar-refractivity contribution in [2.24, 2.45) is 5.73 Å². The summed E-state index contributed by atoms with van der Waals surface area (Å²) in [5, 5.41) is 22.7. The van der Waals surface area contributed by atoms with Crippen molar-refractivity contribution < 1.29 is 29.4 Å². The van der Waals surface area contributed by atoms with Gasteiger partial charge in [-0.15, -0.1) is 0 Å². The number of nitrogens with zero attached hydrogens (tertiary/aromatic N) is 1. The minimum Gasteiger partial charge on any atom is -0.480 e. The van der Waals surface area contributed by atoms with Gasteiger partial charge in [0, 0.05) is 6.54 Å². The second kappa shape index (κ2) is 8.44. The van der Waals surface area contributed by atoms with Crippen molar-refractivity contribution in [2.45, 2.75) is 37.9 Å². The SMILES string of the molecule is C[C@H](N)C(=O)N[C@@H](CO)C(=O)NCC(=O)N1CCC[C@H]1C(=O)O. The number of rotatable bonds is 7. The quantitative estimate of drug-likeness (QED) is 0.332. The number of carbonyl (C=O) groups is 4. The molecule has 1 saturated heterocycles. The number of aliphatic hydroxyl groups excluding tert-OH is 1. The molecule has 1 heterocycles. The first-order chi connectivity index (χ1) is 10.8. The molecule has 0 aromatic heterocycles. The molecule has 0 unspecified atom stereocenters. The van der Waals surface area contributed by atoms with Crippen LogP contribution in [0.4, 0.5) is 0 Å². The van der Waals surface area contributed by atoms with Crippen LogP contribution in [0.1, 0.15) is 19.8 Å². The van der Waals surface area contributed by atoms with E-state index < -0.39 is 55.0 Å². The molecule has 6 N–H and O–H groups in total. The topological polar surface area (TPSA) is 162 Å². The number of hydrogen-bond acceptors (Lipinski definition) is 6. The Hall–Kier alpha value is -2.20. The Morgan fingerprint density at radius 1 is 1.30 bits per heavy atom. The first-order valence-electron chi connectivity index (χ1n) is 7.24. The van der Waals surface area contributed by atoms with Gasteiger partial charge in [0.2, 0.25) is 17.7 Å². The Bertz CT molecular complexity index is 481. The van der Waals surface area contributed by atoms with E-state index in [-0.39, 0.29) is 0 Å². The maximum absolute atomic E-state index is 12.0. The van der Waals surface area contributed by atoms with Gasteiger partial charge in [0.1, 0.15) is 12.1 Å². The molecule has 10 nitrogen and oxygen atoms in total. The molecule has 3 amide bonds. The van der Waals surface area contributed by atoms with Gasteiger partial charge in [-0.25, -0.2) is 4.79 Å². The lowest BCUT2D eigenvalue weighted by molar-refractivity contribution is -0.148. The normalized spacial score (nSPS) is 19.8. The highest BCUT2D eigenvalue weighted by Crippen LogP contribution is 2.17. The molecule has 130 valence electrons. The molecule has 0 spiro atoms. The van der Waals surface area contributed by atoms with Crippen LogP contribution >= 0.6 is 0 Å². The lowest BCUT2D eigenvalue weighted by Crippen LogP contribution is -2.54. The smallest absolute Gasteiger partial charge is 0.326 e. The highest BCUT2D eigenvalue weighted by Gasteiger charge is 2.34. The molecule has 0 aromatic rings. The number of aliphatic hydroxyl groups is 1. The van der Waals surface area contributed by atoms with Crippen molar-refractivity contribution in [3.8, 4) is 0 Å². The molecule has 1 rings (SSSR count). The van der Waals surface area contributed by atoms with Crippen molar-refractivity contribution in [3.63, 3.8) is 0 Å². The van der Waals surface area contributed by atoms with E-state index in [9.17, 15) is 19.2 Å². The lowest BCUT2D eigenvalue weighted by atomic mass is 10.2. The highest BCUT2D eigenvalue weighted by molar-refractivity contribution is 5.92. The van der Waals surface area contributed by atoms with Crippen LogP contribution < -0.4 is 16.4 Å². The van der Waals surface area contributed by atoms with Gasteiger partial charge in [0.15, 0.2) is 0 Å². The van der Waals surface area contributed by atoms with Gasteiger partial charge in [-0.05, 0) is 19.8 Å². The summed E-state index contributed by atoms with van der Waals surface area (Å²) in [4.78, 5) is 47.5. The van der Waals surface area contributed by atoms with Crippen LogP contribution in [-0.4, -0.2) is 76.6 Å². The van der Waals surface area contributed by atoms with Crippen molar-refractivity contribution in [3.05, 3.63) is 0 Å². The molecule has 3 atom stereocenters. The van der Waals surface area contributed by atoms with Crippen LogP contribution in [0.15, 0.2) is 0 Å². The summed E-state index contributed by atoms with van der Waals surface area (Å²) < 4.78 is 0. The lowest BCUT2D eigenvalue weighted by Gasteiger charge is -2.22.